The van der Waals surface area contributed by atoms with Gasteiger partial charge in [0.25, 0.3) is 0 Å². The average Bonchev–Trinajstić information content (AvgIpc) is 2.21. The second-order valence-corrected chi connectivity index (χ2v) is 4.83. The van der Waals surface area contributed by atoms with Crippen molar-refractivity contribution in [2.75, 3.05) is 6.61 Å². The van der Waals surface area contributed by atoms with E-state index in [2.05, 4.69) is 39.8 Å². The zero-order valence-electron chi connectivity index (χ0n) is 11.4. The minimum Gasteiger partial charge on any atom is -0.466 e. The molecule has 0 N–H and O–H groups in total. The van der Waals surface area contributed by atoms with Gasteiger partial charge in [-0.05, 0) is 37.8 Å². The van der Waals surface area contributed by atoms with Gasteiger partial charge in [-0.15, -0.1) is 0 Å². The summed E-state index contributed by atoms with van der Waals surface area (Å²) in [5.41, 5.74) is 3.47. The van der Waals surface area contributed by atoms with Crippen LogP contribution in [0.3, 0.4) is 0 Å². The van der Waals surface area contributed by atoms with Crippen molar-refractivity contribution in [1.29, 1.82) is 0 Å². The Morgan fingerprint density at radius 1 is 1.29 bits per heavy atom. The normalized spacial score (nSPS) is 12.6. The number of carbonyl (C=O) groups excluding carboxylic acids is 1. The van der Waals surface area contributed by atoms with Crippen molar-refractivity contribution in [2.24, 2.45) is 5.92 Å². The fourth-order valence-corrected chi connectivity index (χ4v) is 2.16. The van der Waals surface area contributed by atoms with Crippen molar-refractivity contribution in [1.82, 2.24) is 0 Å². The Labute approximate surface area is 104 Å². The quantitative estimate of drug-likeness (QED) is 0.744. The summed E-state index contributed by atoms with van der Waals surface area (Å²) < 4.78 is 5.17. The molecule has 17 heavy (non-hydrogen) atoms. The number of esters is 1. The van der Waals surface area contributed by atoms with E-state index in [4.69, 9.17) is 4.74 Å². The molecule has 0 bridgehead atoms. The van der Waals surface area contributed by atoms with Crippen molar-refractivity contribution >= 4 is 5.97 Å². The lowest BCUT2D eigenvalue weighted by molar-refractivity contribution is -0.146. The highest BCUT2D eigenvalue weighted by atomic mass is 16.5. The van der Waals surface area contributed by atoms with Crippen LogP contribution < -0.4 is 0 Å². The zero-order valence-corrected chi connectivity index (χ0v) is 11.4. The minimum atomic E-state index is -0.157. The van der Waals surface area contributed by atoms with Gasteiger partial charge in [0.05, 0.1) is 12.5 Å². The molecular weight excluding hydrogens is 212 g/mol. The number of hydrogen-bond acceptors (Lipinski definition) is 2. The molecule has 0 heterocycles. The molecule has 1 rings (SSSR count). The highest BCUT2D eigenvalue weighted by Gasteiger charge is 2.26. The molecule has 0 radical (unpaired) electrons. The van der Waals surface area contributed by atoms with Crippen LogP contribution in [0.25, 0.3) is 0 Å². The van der Waals surface area contributed by atoms with Crippen LogP contribution in [-0.2, 0) is 9.53 Å². The van der Waals surface area contributed by atoms with E-state index in [1.807, 2.05) is 13.0 Å². The Morgan fingerprint density at radius 3 is 2.41 bits per heavy atom. The molecule has 0 spiro atoms. The summed E-state index contributed by atoms with van der Waals surface area (Å²) in [5.74, 6) is -0.0274. The van der Waals surface area contributed by atoms with Gasteiger partial charge in [-0.3, -0.25) is 4.79 Å². The minimum absolute atomic E-state index is 0.116. The predicted molar refractivity (Wildman–Crippen MR) is 70.1 cm³/mol. The number of rotatable bonds is 4. The van der Waals surface area contributed by atoms with E-state index in [0.717, 1.165) is 11.1 Å². The van der Waals surface area contributed by atoms with E-state index in [1.54, 1.807) is 0 Å². The van der Waals surface area contributed by atoms with Gasteiger partial charge in [0.1, 0.15) is 0 Å². The summed E-state index contributed by atoms with van der Waals surface area (Å²) in [4.78, 5) is 12.0. The van der Waals surface area contributed by atoms with E-state index < -0.39 is 0 Å². The van der Waals surface area contributed by atoms with Crippen LogP contribution in [0.1, 0.15) is 43.4 Å². The summed E-state index contributed by atoms with van der Waals surface area (Å²) in [6.45, 7) is 10.5. The third-order valence-corrected chi connectivity index (χ3v) is 2.97. The maximum absolute atomic E-state index is 12.0. The monoisotopic (exact) mass is 234 g/mol. The Kier molecular flexibility index (Phi) is 4.73. The van der Waals surface area contributed by atoms with Crippen molar-refractivity contribution in [3.05, 3.63) is 34.9 Å². The third-order valence-electron chi connectivity index (χ3n) is 2.97. The summed E-state index contributed by atoms with van der Waals surface area (Å²) in [7, 11) is 0. The standard InChI is InChI=1S/C15H22O2/c1-6-17-15(16)14(10(2)3)13-8-7-11(4)9-12(13)5/h7-10,14H,6H2,1-5H3. The third kappa shape index (κ3) is 3.32. The average molecular weight is 234 g/mol. The first kappa shape index (κ1) is 13.8. The Morgan fingerprint density at radius 2 is 1.94 bits per heavy atom. The molecule has 1 atom stereocenters. The fourth-order valence-electron chi connectivity index (χ4n) is 2.16. The first-order chi connectivity index (χ1) is 7.97. The zero-order chi connectivity index (χ0) is 13.0. The molecular formula is C15H22O2. The molecule has 0 aliphatic carbocycles. The summed E-state index contributed by atoms with van der Waals surface area (Å²) >= 11 is 0. The van der Waals surface area contributed by atoms with Gasteiger partial charge in [-0.2, -0.15) is 0 Å². The predicted octanol–water partition coefficient (Wildman–Crippen LogP) is 3.61. The molecule has 0 saturated heterocycles. The maximum atomic E-state index is 12.0. The lowest BCUT2D eigenvalue weighted by Gasteiger charge is -2.21. The summed E-state index contributed by atoms with van der Waals surface area (Å²) in [5, 5.41) is 0. The molecule has 94 valence electrons. The maximum Gasteiger partial charge on any atom is 0.313 e. The first-order valence-corrected chi connectivity index (χ1v) is 6.21. The van der Waals surface area contributed by atoms with E-state index >= 15 is 0 Å². The van der Waals surface area contributed by atoms with Crippen LogP contribution in [-0.4, -0.2) is 12.6 Å². The Bertz CT molecular complexity index is 394. The van der Waals surface area contributed by atoms with E-state index in [-0.39, 0.29) is 17.8 Å². The lowest BCUT2D eigenvalue weighted by atomic mass is 9.85. The highest BCUT2D eigenvalue weighted by molar-refractivity contribution is 5.79. The Balaban J connectivity index is 3.10. The molecule has 0 aromatic heterocycles. The fraction of sp³-hybridized carbons (Fsp3) is 0.533. The highest BCUT2D eigenvalue weighted by Crippen LogP contribution is 2.29. The van der Waals surface area contributed by atoms with Gasteiger partial charge in [-0.1, -0.05) is 37.6 Å². The van der Waals surface area contributed by atoms with Gasteiger partial charge in [0.2, 0.25) is 0 Å². The molecule has 0 aliphatic rings. The molecule has 1 aromatic rings. The van der Waals surface area contributed by atoms with Crippen molar-refractivity contribution in [3.8, 4) is 0 Å². The van der Waals surface area contributed by atoms with Gasteiger partial charge < -0.3 is 4.74 Å². The summed E-state index contributed by atoms with van der Waals surface area (Å²) in [6, 6.07) is 6.22. The van der Waals surface area contributed by atoms with Crippen molar-refractivity contribution in [3.63, 3.8) is 0 Å². The molecule has 2 nitrogen and oxygen atoms in total. The lowest BCUT2D eigenvalue weighted by Crippen LogP contribution is -2.21. The second kappa shape index (κ2) is 5.85. The first-order valence-electron chi connectivity index (χ1n) is 6.21. The van der Waals surface area contributed by atoms with Gasteiger partial charge in [0, 0.05) is 0 Å². The molecule has 1 aromatic carbocycles. The SMILES string of the molecule is CCOC(=O)C(c1ccc(C)cc1C)C(C)C. The second-order valence-electron chi connectivity index (χ2n) is 4.83. The van der Waals surface area contributed by atoms with Crippen molar-refractivity contribution in [2.45, 2.75) is 40.5 Å². The van der Waals surface area contributed by atoms with E-state index in [1.165, 1.54) is 5.56 Å². The van der Waals surface area contributed by atoms with Crippen LogP contribution in [0.4, 0.5) is 0 Å². The topological polar surface area (TPSA) is 26.3 Å². The smallest absolute Gasteiger partial charge is 0.313 e. The molecule has 0 saturated carbocycles. The number of hydrogen-bond donors (Lipinski definition) is 0. The van der Waals surface area contributed by atoms with Crippen LogP contribution >= 0.6 is 0 Å². The van der Waals surface area contributed by atoms with Crippen LogP contribution in [0.2, 0.25) is 0 Å². The van der Waals surface area contributed by atoms with Gasteiger partial charge >= 0.3 is 5.97 Å². The number of aryl methyl sites for hydroxylation is 2. The summed E-state index contributed by atoms with van der Waals surface area (Å²) in [6.07, 6.45) is 0. The van der Waals surface area contributed by atoms with Gasteiger partial charge in [0.15, 0.2) is 0 Å². The van der Waals surface area contributed by atoms with Crippen LogP contribution in [0, 0.1) is 19.8 Å². The molecule has 2 heteroatoms. The van der Waals surface area contributed by atoms with E-state index in [0.29, 0.717) is 6.61 Å². The molecule has 0 aliphatic heterocycles. The van der Waals surface area contributed by atoms with Crippen LogP contribution in [0.5, 0.6) is 0 Å². The van der Waals surface area contributed by atoms with Crippen LogP contribution in [0.15, 0.2) is 18.2 Å². The van der Waals surface area contributed by atoms with Crippen molar-refractivity contribution < 1.29 is 9.53 Å². The number of carbonyl (C=O) groups is 1. The molecule has 0 fully saturated rings. The number of benzene rings is 1. The van der Waals surface area contributed by atoms with E-state index in [9.17, 15) is 4.79 Å². The van der Waals surface area contributed by atoms with Gasteiger partial charge in [-0.25, -0.2) is 0 Å². The Hall–Kier alpha value is -1.31. The largest absolute Gasteiger partial charge is 0.466 e. The molecule has 1 unspecified atom stereocenters. The number of ether oxygens (including phenoxy) is 1. The molecule has 0 amide bonds.